The normalized spacial score (nSPS) is 13.1. The van der Waals surface area contributed by atoms with Gasteiger partial charge in [-0.2, -0.15) is 0 Å². The van der Waals surface area contributed by atoms with Crippen molar-refractivity contribution < 1.29 is 4.42 Å². The fraction of sp³-hybridized carbons (Fsp3) is 0.234. The fourth-order valence-corrected chi connectivity index (χ4v) is 21.4. The topological polar surface area (TPSA) is 13.1 Å². The average molecular weight is 1850 g/mol. The molecule has 706 valence electrons. The van der Waals surface area contributed by atoms with Crippen molar-refractivity contribution in [3.05, 3.63) is 455 Å². The lowest BCUT2D eigenvalue weighted by atomic mass is 9.65. The van der Waals surface area contributed by atoms with Gasteiger partial charge in [0.25, 0.3) is 0 Å². The summed E-state index contributed by atoms with van der Waals surface area (Å²) in [4.78, 5) is 0. The van der Waals surface area contributed by atoms with Gasteiger partial charge in [-0.3, -0.25) is 0 Å². The highest BCUT2D eigenvalue weighted by molar-refractivity contribution is 6.16. The lowest BCUT2D eigenvalue weighted by molar-refractivity contribution is 0.590. The minimum atomic E-state index is -1.17. The Bertz CT molecular complexity index is 6950. The van der Waals surface area contributed by atoms with Crippen molar-refractivity contribution >= 4 is 21.9 Å². The molecule has 0 radical (unpaired) electrons. The number of para-hydroxylation sites is 1. The van der Waals surface area contributed by atoms with Crippen molar-refractivity contribution in [1.29, 1.82) is 0 Å². The summed E-state index contributed by atoms with van der Waals surface area (Å²) in [6.45, 7) is 55.5. The van der Waals surface area contributed by atoms with E-state index < -0.39 is 5.41 Å². The van der Waals surface area contributed by atoms with Gasteiger partial charge >= 0.3 is 0 Å². The van der Waals surface area contributed by atoms with Crippen LogP contribution in [0.15, 0.2) is 393 Å². The first-order valence-corrected chi connectivity index (χ1v) is 51.3. The Hall–Kier alpha value is -14.2. The molecule has 1 aliphatic carbocycles. The van der Waals surface area contributed by atoms with E-state index in [1.165, 1.54) is 50.1 Å². The Morgan fingerprint density at radius 1 is 0.155 bits per heavy atom. The summed E-state index contributed by atoms with van der Waals surface area (Å²) in [7, 11) is 0. The first-order chi connectivity index (χ1) is 67.3. The third-order valence-electron chi connectivity index (χ3n) is 30.2. The van der Waals surface area contributed by atoms with Crippen LogP contribution in [0.25, 0.3) is 178 Å². The predicted molar refractivity (Wildman–Crippen MR) is 611 cm³/mol. The van der Waals surface area contributed by atoms with Crippen molar-refractivity contribution in [2.45, 2.75) is 215 Å². The molecule has 0 saturated heterocycles. The monoisotopic (exact) mass is 1850 g/mol. The highest BCUT2D eigenvalue weighted by Gasteiger charge is 2.49. The van der Waals surface area contributed by atoms with Gasteiger partial charge < -0.3 is 4.42 Å². The van der Waals surface area contributed by atoms with Crippen LogP contribution >= 0.6 is 0 Å². The van der Waals surface area contributed by atoms with Crippen molar-refractivity contribution in [2.75, 3.05) is 0 Å². The van der Waals surface area contributed by atoms with Crippen LogP contribution in [-0.2, 0) is 48.7 Å². The zero-order valence-electron chi connectivity index (χ0n) is 87.9. The molecule has 0 atom stereocenters. The van der Waals surface area contributed by atoms with Gasteiger partial charge in [0, 0.05) is 10.8 Å². The first-order valence-electron chi connectivity index (χ1n) is 51.3. The Morgan fingerprint density at radius 2 is 0.359 bits per heavy atom. The summed E-state index contributed by atoms with van der Waals surface area (Å²) in [5.41, 5.74) is 46.7. The van der Waals surface area contributed by atoms with E-state index in [1.54, 1.807) is 0 Å². The number of hydrogen-bond acceptors (Lipinski definition) is 1. The molecule has 0 saturated carbocycles. The molecule has 0 unspecified atom stereocenters. The smallest absolute Gasteiger partial charge is 0.136 e. The Balaban J connectivity index is 0.976. The van der Waals surface area contributed by atoms with E-state index in [0.717, 1.165) is 194 Å². The maximum Gasteiger partial charge on any atom is 0.136 e. The highest BCUT2D eigenvalue weighted by Crippen LogP contribution is 2.62. The van der Waals surface area contributed by atoms with Crippen LogP contribution in [0.4, 0.5) is 0 Å². The lowest BCUT2D eigenvalue weighted by Gasteiger charge is -2.36. The molecular formula is C141H136O. The standard InChI is InChI=1S/C141H136O/c1-133(2,3)115-51-34-90(35-52-115)99-70-100(91-36-53-116(54-37-91)134(4,5)6)75-107(74-99)111-82-112(108-76-101(92-38-55-117(56-39-92)135(7,8)9)71-102(77-108)93-40-57-118(58-41-93)136(10,11)12)85-123(84-111)141(127-68-69-130-132(126-32-28-29-33-129(126)142-130)131(127)125-67-50-98(88-128(125)141)89-30-26-25-27-31-89)124-86-113(109-78-103(94-42-59-119(60-43-94)137(13,14)15)72-104(79-109)95-44-61-120(62-45-95)138(16,17)18)83-114(87-124)110-80-105(96-46-63-121(64-47-96)139(19,20)21)73-106(81-110)97-48-65-122(66-49-97)140(22,23)24/h25-88H,1-24H3. The molecule has 0 fully saturated rings. The molecule has 0 aliphatic heterocycles. The minimum absolute atomic E-state index is 0.0538. The van der Waals surface area contributed by atoms with Gasteiger partial charge in [0.15, 0.2) is 0 Å². The summed E-state index contributed by atoms with van der Waals surface area (Å²) in [6.07, 6.45) is 0. The van der Waals surface area contributed by atoms with Crippen LogP contribution in [0.5, 0.6) is 0 Å². The number of hydrogen-bond donors (Lipinski definition) is 0. The van der Waals surface area contributed by atoms with Crippen LogP contribution in [0.2, 0.25) is 0 Å². The number of fused-ring (bicyclic) bond motifs is 7. The van der Waals surface area contributed by atoms with Crippen molar-refractivity contribution in [2.24, 2.45) is 0 Å². The molecule has 19 aromatic rings. The van der Waals surface area contributed by atoms with Gasteiger partial charge in [-0.15, -0.1) is 0 Å². The molecule has 18 aromatic carbocycles. The number of rotatable bonds is 15. The molecule has 1 aliphatic rings. The van der Waals surface area contributed by atoms with Gasteiger partial charge in [-0.05, 0) is 393 Å². The van der Waals surface area contributed by atoms with Gasteiger partial charge in [-0.25, -0.2) is 0 Å². The first kappa shape index (κ1) is 95.3. The molecule has 0 amide bonds. The van der Waals surface area contributed by atoms with E-state index in [2.05, 4.69) is 554 Å². The molecule has 20 rings (SSSR count). The predicted octanol–water partition coefficient (Wildman–Crippen LogP) is 40.0. The molecule has 0 N–H and O–H groups in total. The number of benzene rings is 18. The third kappa shape index (κ3) is 18.8. The molecular weight excluding hydrogens is 1710 g/mol. The Morgan fingerprint density at radius 3 is 0.599 bits per heavy atom. The summed E-state index contributed by atoms with van der Waals surface area (Å²) in [5, 5.41) is 2.17. The minimum Gasteiger partial charge on any atom is -0.456 e. The van der Waals surface area contributed by atoms with E-state index in [1.807, 2.05) is 0 Å². The maximum absolute atomic E-state index is 7.24. The molecule has 1 aromatic heterocycles. The molecule has 0 bridgehead atoms. The molecule has 1 heterocycles. The lowest BCUT2D eigenvalue weighted by Crippen LogP contribution is -2.29. The van der Waals surface area contributed by atoms with Gasteiger partial charge in [0.2, 0.25) is 0 Å². The molecule has 1 heteroatoms. The largest absolute Gasteiger partial charge is 0.456 e. The van der Waals surface area contributed by atoms with Crippen LogP contribution < -0.4 is 0 Å². The van der Waals surface area contributed by atoms with Crippen molar-refractivity contribution in [1.82, 2.24) is 0 Å². The summed E-state index contributed by atoms with van der Waals surface area (Å²) < 4.78 is 7.24. The highest BCUT2D eigenvalue weighted by atomic mass is 16.3. The second-order valence-corrected chi connectivity index (χ2v) is 48.7. The summed E-state index contributed by atoms with van der Waals surface area (Å²) >= 11 is 0. The van der Waals surface area contributed by atoms with E-state index in [-0.39, 0.29) is 43.3 Å². The van der Waals surface area contributed by atoms with E-state index in [9.17, 15) is 0 Å². The maximum atomic E-state index is 7.24. The quantitative estimate of drug-likeness (QED) is 0.0997. The second-order valence-electron chi connectivity index (χ2n) is 48.7. The molecule has 142 heavy (non-hydrogen) atoms. The Labute approximate surface area is 846 Å². The van der Waals surface area contributed by atoms with Gasteiger partial charge in [-0.1, -0.05) is 427 Å². The van der Waals surface area contributed by atoms with E-state index >= 15 is 0 Å². The summed E-state index contributed by atoms with van der Waals surface area (Å²) in [5.74, 6) is 0. The fourth-order valence-electron chi connectivity index (χ4n) is 21.4. The van der Waals surface area contributed by atoms with Gasteiger partial charge in [0.05, 0.1) is 5.41 Å². The average Bonchev–Trinajstić information content (AvgIpc) is 1.51. The SMILES string of the molecule is CC(C)(C)c1ccc(-c2cc(-c3ccc(C(C)(C)C)cc3)cc(-c3cc(-c4cc(-c5ccc(C(C)(C)C)cc5)cc(-c5ccc(C(C)(C)C)cc5)c4)cc(C4(c5cc(-c6cc(-c7ccc(C(C)(C)C)cc7)cc(-c7ccc(C(C)(C)C)cc7)c6)cc(-c6cc(-c7ccc(C(C)(C)C)cc7)cc(-c7ccc(C(C)(C)C)cc7)c6)c5)c5cc(-c6ccccc6)ccc5-c5c4ccc4oc6ccccc6c54)c3)c2)cc1. The van der Waals surface area contributed by atoms with Crippen LogP contribution in [0.1, 0.15) is 233 Å². The number of furan rings is 1. The van der Waals surface area contributed by atoms with Crippen LogP contribution in [0, 0.1) is 0 Å². The second kappa shape index (κ2) is 35.8. The summed E-state index contributed by atoms with van der Waals surface area (Å²) in [6, 6.07) is 152. The van der Waals surface area contributed by atoms with Crippen LogP contribution in [0.3, 0.4) is 0 Å². The Kier molecular flexibility index (Phi) is 24.0. The molecule has 0 spiro atoms. The third-order valence-corrected chi connectivity index (χ3v) is 30.2. The van der Waals surface area contributed by atoms with E-state index in [4.69, 9.17) is 4.42 Å². The molecule has 1 nitrogen and oxygen atoms in total. The van der Waals surface area contributed by atoms with Crippen LogP contribution in [-0.4, -0.2) is 0 Å². The zero-order chi connectivity index (χ0) is 99.9. The van der Waals surface area contributed by atoms with E-state index in [0.29, 0.717) is 0 Å². The zero-order valence-corrected chi connectivity index (χ0v) is 87.9. The van der Waals surface area contributed by atoms with Crippen molar-refractivity contribution in [3.8, 4) is 156 Å². The van der Waals surface area contributed by atoms with Gasteiger partial charge in [0.1, 0.15) is 11.2 Å². The van der Waals surface area contributed by atoms with Crippen molar-refractivity contribution in [3.63, 3.8) is 0 Å².